The molecule has 1 aliphatic heterocycles. The molecule has 0 saturated carbocycles. The monoisotopic (exact) mass is 350 g/mol. The third-order valence-corrected chi connectivity index (χ3v) is 4.63. The zero-order valence-electron chi connectivity index (χ0n) is 14.7. The van der Waals surface area contributed by atoms with Gasteiger partial charge in [0.15, 0.2) is 0 Å². The molecule has 0 spiro atoms. The molecule has 0 radical (unpaired) electrons. The molecule has 0 bridgehead atoms. The molecule has 2 rings (SSSR count). The van der Waals surface area contributed by atoms with Gasteiger partial charge in [-0.1, -0.05) is 31.9 Å². The summed E-state index contributed by atoms with van der Waals surface area (Å²) < 4.78 is 13.3. The summed E-state index contributed by atoms with van der Waals surface area (Å²) in [5.41, 5.74) is 0.882. The number of carbonyl (C=O) groups is 2. The topological polar surface area (TPSA) is 69.6 Å². The molecule has 2 unspecified atom stereocenters. The largest absolute Gasteiger partial charge is 0.480 e. The molecular weight excluding hydrogens is 323 g/mol. The van der Waals surface area contributed by atoms with Crippen molar-refractivity contribution in [2.45, 2.75) is 51.6 Å². The molecule has 138 valence electrons. The lowest BCUT2D eigenvalue weighted by Crippen LogP contribution is -2.48. The predicted octanol–water partition coefficient (Wildman–Crippen LogP) is 2.80. The van der Waals surface area contributed by atoms with E-state index in [-0.39, 0.29) is 17.6 Å². The standard InChI is InChI=1S/C19H27FN2O3/c1-2-3-9-17(19(24)25)21-18(23)15-7-5-10-22(13-15)12-14-6-4-8-16(20)11-14/h4,6,8,11,15,17H,2-3,5,7,9-10,12-13H2,1H3,(H,21,23)(H,24,25). The number of rotatable bonds is 8. The summed E-state index contributed by atoms with van der Waals surface area (Å²) in [5, 5.41) is 11.9. The first-order valence-corrected chi connectivity index (χ1v) is 8.99. The lowest BCUT2D eigenvalue weighted by Gasteiger charge is -2.32. The quantitative estimate of drug-likeness (QED) is 0.756. The number of amides is 1. The molecule has 2 N–H and O–H groups in total. The fourth-order valence-electron chi connectivity index (χ4n) is 3.26. The van der Waals surface area contributed by atoms with Gasteiger partial charge in [0.2, 0.25) is 5.91 Å². The highest BCUT2D eigenvalue weighted by Gasteiger charge is 2.29. The van der Waals surface area contributed by atoms with Crippen molar-refractivity contribution in [1.29, 1.82) is 0 Å². The van der Waals surface area contributed by atoms with Crippen LogP contribution in [0.2, 0.25) is 0 Å². The van der Waals surface area contributed by atoms with Gasteiger partial charge >= 0.3 is 5.97 Å². The van der Waals surface area contributed by atoms with Crippen LogP contribution in [0.4, 0.5) is 4.39 Å². The molecule has 1 amide bonds. The highest BCUT2D eigenvalue weighted by atomic mass is 19.1. The Morgan fingerprint density at radius 2 is 2.24 bits per heavy atom. The molecular formula is C19H27FN2O3. The van der Waals surface area contributed by atoms with Crippen LogP contribution in [-0.2, 0) is 16.1 Å². The van der Waals surface area contributed by atoms with E-state index in [4.69, 9.17) is 0 Å². The van der Waals surface area contributed by atoms with Crippen molar-refractivity contribution in [2.75, 3.05) is 13.1 Å². The van der Waals surface area contributed by atoms with Gasteiger partial charge in [0.05, 0.1) is 5.92 Å². The summed E-state index contributed by atoms with van der Waals surface area (Å²) in [6, 6.07) is 5.67. The molecule has 1 saturated heterocycles. The van der Waals surface area contributed by atoms with Crippen LogP contribution < -0.4 is 5.32 Å². The van der Waals surface area contributed by atoms with Crippen LogP contribution in [-0.4, -0.2) is 41.0 Å². The summed E-state index contributed by atoms with van der Waals surface area (Å²) in [6.07, 6.45) is 3.75. The number of benzene rings is 1. The Morgan fingerprint density at radius 3 is 2.92 bits per heavy atom. The number of aliphatic carboxylic acids is 1. The van der Waals surface area contributed by atoms with Gasteiger partial charge in [0, 0.05) is 13.1 Å². The minimum absolute atomic E-state index is 0.188. The maximum Gasteiger partial charge on any atom is 0.326 e. The summed E-state index contributed by atoms with van der Waals surface area (Å²) in [6.45, 7) is 4.02. The lowest BCUT2D eigenvalue weighted by molar-refractivity contribution is -0.143. The number of halogens is 1. The molecule has 0 aliphatic carbocycles. The number of hydrogen-bond acceptors (Lipinski definition) is 3. The maximum absolute atomic E-state index is 13.3. The van der Waals surface area contributed by atoms with Gasteiger partial charge in [-0.15, -0.1) is 0 Å². The van der Waals surface area contributed by atoms with E-state index in [0.29, 0.717) is 19.5 Å². The minimum Gasteiger partial charge on any atom is -0.480 e. The van der Waals surface area contributed by atoms with Crippen LogP contribution in [0.3, 0.4) is 0 Å². The van der Waals surface area contributed by atoms with E-state index in [1.165, 1.54) is 12.1 Å². The number of hydrogen-bond donors (Lipinski definition) is 2. The van der Waals surface area contributed by atoms with Gasteiger partial charge < -0.3 is 10.4 Å². The van der Waals surface area contributed by atoms with Crippen molar-refractivity contribution in [3.8, 4) is 0 Å². The van der Waals surface area contributed by atoms with Gasteiger partial charge in [-0.3, -0.25) is 9.69 Å². The number of unbranched alkanes of at least 4 members (excludes halogenated alkanes) is 1. The lowest BCUT2D eigenvalue weighted by atomic mass is 9.96. The zero-order valence-corrected chi connectivity index (χ0v) is 14.7. The van der Waals surface area contributed by atoms with Crippen molar-refractivity contribution in [3.63, 3.8) is 0 Å². The third-order valence-electron chi connectivity index (χ3n) is 4.63. The van der Waals surface area contributed by atoms with Gasteiger partial charge in [-0.05, 0) is 43.5 Å². The van der Waals surface area contributed by atoms with Crippen LogP contribution in [0, 0.1) is 11.7 Å². The average Bonchev–Trinajstić information content (AvgIpc) is 2.58. The van der Waals surface area contributed by atoms with Crippen LogP contribution in [0.15, 0.2) is 24.3 Å². The van der Waals surface area contributed by atoms with Gasteiger partial charge in [0.25, 0.3) is 0 Å². The maximum atomic E-state index is 13.3. The Morgan fingerprint density at radius 1 is 1.44 bits per heavy atom. The van der Waals surface area contributed by atoms with Crippen LogP contribution in [0.1, 0.15) is 44.6 Å². The number of likely N-dealkylation sites (tertiary alicyclic amines) is 1. The molecule has 5 nitrogen and oxygen atoms in total. The molecule has 25 heavy (non-hydrogen) atoms. The highest BCUT2D eigenvalue weighted by Crippen LogP contribution is 2.19. The van der Waals surface area contributed by atoms with Crippen LogP contribution >= 0.6 is 0 Å². The smallest absolute Gasteiger partial charge is 0.326 e. The molecule has 0 aromatic heterocycles. The predicted molar refractivity (Wildman–Crippen MR) is 93.5 cm³/mol. The first-order chi connectivity index (χ1) is 12.0. The van der Waals surface area contributed by atoms with E-state index in [9.17, 15) is 19.1 Å². The number of nitrogens with one attached hydrogen (secondary N) is 1. The Bertz CT molecular complexity index is 594. The zero-order chi connectivity index (χ0) is 18.2. The number of piperidine rings is 1. The highest BCUT2D eigenvalue weighted by molar-refractivity contribution is 5.85. The van der Waals surface area contributed by atoms with Crippen molar-refractivity contribution in [3.05, 3.63) is 35.6 Å². The van der Waals surface area contributed by atoms with E-state index in [1.54, 1.807) is 6.07 Å². The van der Waals surface area contributed by atoms with Crippen LogP contribution in [0.5, 0.6) is 0 Å². The second-order valence-corrected chi connectivity index (χ2v) is 6.75. The molecule has 1 aliphatic rings. The SMILES string of the molecule is CCCCC(NC(=O)C1CCCN(Cc2cccc(F)c2)C1)C(=O)O. The van der Waals surface area contributed by atoms with Gasteiger partial charge in [-0.2, -0.15) is 0 Å². The fraction of sp³-hybridized carbons (Fsp3) is 0.579. The summed E-state index contributed by atoms with van der Waals surface area (Å²) >= 11 is 0. The first-order valence-electron chi connectivity index (χ1n) is 8.99. The molecule has 1 fully saturated rings. The Labute approximate surface area is 148 Å². The molecule has 2 atom stereocenters. The van der Waals surface area contributed by atoms with E-state index in [1.807, 2.05) is 13.0 Å². The number of carboxylic acids is 1. The van der Waals surface area contributed by atoms with Gasteiger partial charge in [0.1, 0.15) is 11.9 Å². The van der Waals surface area contributed by atoms with Crippen molar-refractivity contribution < 1.29 is 19.1 Å². The Balaban J connectivity index is 1.90. The molecule has 1 aromatic carbocycles. The summed E-state index contributed by atoms with van der Waals surface area (Å²) in [5.74, 6) is -1.64. The van der Waals surface area contributed by atoms with Crippen molar-refractivity contribution >= 4 is 11.9 Å². The molecule has 1 heterocycles. The normalized spacial score (nSPS) is 19.4. The second kappa shape index (κ2) is 9.51. The third kappa shape index (κ3) is 6.12. The molecule has 1 aromatic rings. The van der Waals surface area contributed by atoms with Crippen LogP contribution in [0.25, 0.3) is 0 Å². The number of nitrogens with zero attached hydrogens (tertiary/aromatic N) is 1. The number of carboxylic acid groups (broad SMARTS) is 1. The van der Waals surface area contributed by atoms with E-state index >= 15 is 0 Å². The average molecular weight is 350 g/mol. The van der Waals surface area contributed by atoms with E-state index < -0.39 is 12.0 Å². The van der Waals surface area contributed by atoms with Gasteiger partial charge in [-0.25, -0.2) is 9.18 Å². The Hall–Kier alpha value is -1.95. The summed E-state index contributed by atoms with van der Waals surface area (Å²) in [7, 11) is 0. The summed E-state index contributed by atoms with van der Waals surface area (Å²) in [4.78, 5) is 25.9. The minimum atomic E-state index is -0.978. The van der Waals surface area contributed by atoms with Crippen molar-refractivity contribution in [2.24, 2.45) is 5.92 Å². The van der Waals surface area contributed by atoms with E-state index in [2.05, 4.69) is 10.2 Å². The van der Waals surface area contributed by atoms with E-state index in [0.717, 1.165) is 37.8 Å². The van der Waals surface area contributed by atoms with Crippen molar-refractivity contribution in [1.82, 2.24) is 10.2 Å². The molecule has 6 heteroatoms. The fourth-order valence-corrected chi connectivity index (χ4v) is 3.26. The second-order valence-electron chi connectivity index (χ2n) is 6.75. The number of carbonyl (C=O) groups excluding carboxylic acids is 1. The first kappa shape index (κ1) is 19.4. The Kier molecular flexibility index (Phi) is 7.37.